The van der Waals surface area contributed by atoms with E-state index in [0.29, 0.717) is 29.4 Å². The summed E-state index contributed by atoms with van der Waals surface area (Å²) in [5.74, 6) is 0.833. The Hall–Kier alpha value is -2.00. The van der Waals surface area contributed by atoms with Gasteiger partial charge in [-0.25, -0.2) is 4.79 Å². The molecule has 1 atom stereocenters. The Labute approximate surface area is 196 Å². The number of benzene rings is 2. The van der Waals surface area contributed by atoms with Crippen molar-refractivity contribution in [3.05, 3.63) is 53.6 Å². The third-order valence-electron chi connectivity index (χ3n) is 5.45. The van der Waals surface area contributed by atoms with Gasteiger partial charge in [0.15, 0.2) is 17.6 Å². The number of likely N-dealkylation sites (N-methyl/N-ethyl adjacent to an activating group) is 1. The topological polar surface area (TPSA) is 54.0 Å². The van der Waals surface area contributed by atoms with Crippen molar-refractivity contribution in [1.29, 1.82) is 0 Å². The SMILES string of the molecule is CC[N+](C)(CC)CC(OC(=O)c1cc(OC)c(OC)c(OC)c1)c1ccccc1.[I-]. The quantitative estimate of drug-likeness (QED) is 0.262. The number of hydrogen-bond donors (Lipinski definition) is 0. The highest BCUT2D eigenvalue weighted by Crippen LogP contribution is 2.38. The van der Waals surface area contributed by atoms with Gasteiger partial charge in [-0.3, -0.25) is 0 Å². The predicted molar refractivity (Wildman–Crippen MR) is 113 cm³/mol. The molecule has 0 N–H and O–H groups in total. The van der Waals surface area contributed by atoms with E-state index in [0.717, 1.165) is 23.1 Å². The maximum Gasteiger partial charge on any atom is 0.339 e. The van der Waals surface area contributed by atoms with Crippen LogP contribution >= 0.6 is 0 Å². The first-order valence-electron chi connectivity index (χ1n) is 9.80. The lowest BCUT2D eigenvalue weighted by atomic mass is 10.1. The first-order valence-corrected chi connectivity index (χ1v) is 9.80. The van der Waals surface area contributed by atoms with Crippen molar-refractivity contribution in [2.45, 2.75) is 20.0 Å². The van der Waals surface area contributed by atoms with Gasteiger partial charge in [-0.15, -0.1) is 0 Å². The average molecular weight is 529 g/mol. The molecule has 0 saturated carbocycles. The molecule has 0 heterocycles. The molecule has 0 aliphatic rings. The van der Waals surface area contributed by atoms with Gasteiger partial charge in [-0.1, -0.05) is 30.3 Å². The maximum atomic E-state index is 13.0. The molecule has 166 valence electrons. The van der Waals surface area contributed by atoms with E-state index in [-0.39, 0.29) is 30.1 Å². The van der Waals surface area contributed by atoms with Gasteiger partial charge in [0, 0.05) is 0 Å². The minimum Gasteiger partial charge on any atom is -1.00 e. The average Bonchev–Trinajstić information content (AvgIpc) is 2.77. The number of rotatable bonds is 10. The summed E-state index contributed by atoms with van der Waals surface area (Å²) in [5, 5.41) is 0. The van der Waals surface area contributed by atoms with Gasteiger partial charge in [0.05, 0.1) is 47.0 Å². The number of quaternary nitrogens is 1. The summed E-state index contributed by atoms with van der Waals surface area (Å²) in [6.45, 7) is 6.87. The van der Waals surface area contributed by atoms with Crippen LogP contribution in [0.3, 0.4) is 0 Å². The second-order valence-corrected chi connectivity index (χ2v) is 7.15. The van der Waals surface area contributed by atoms with Crippen LogP contribution in [0.15, 0.2) is 42.5 Å². The van der Waals surface area contributed by atoms with Gasteiger partial charge in [0.2, 0.25) is 5.75 Å². The van der Waals surface area contributed by atoms with Crippen molar-refractivity contribution in [2.75, 3.05) is 48.0 Å². The predicted octanol–water partition coefficient (Wildman–Crippen LogP) is 1.10. The van der Waals surface area contributed by atoms with E-state index < -0.39 is 5.97 Å². The molecular weight excluding hydrogens is 497 g/mol. The van der Waals surface area contributed by atoms with Crippen molar-refractivity contribution in [1.82, 2.24) is 0 Å². The van der Waals surface area contributed by atoms with E-state index in [2.05, 4.69) is 20.9 Å². The molecule has 2 rings (SSSR count). The molecule has 0 aromatic heterocycles. The Morgan fingerprint density at radius 1 is 0.933 bits per heavy atom. The van der Waals surface area contributed by atoms with Crippen LogP contribution in [0, 0.1) is 0 Å². The van der Waals surface area contributed by atoms with Crippen LogP contribution in [0.25, 0.3) is 0 Å². The number of ether oxygens (including phenoxy) is 4. The molecule has 6 nitrogen and oxygen atoms in total. The van der Waals surface area contributed by atoms with E-state index >= 15 is 0 Å². The second-order valence-electron chi connectivity index (χ2n) is 7.15. The molecule has 7 heteroatoms. The standard InChI is InChI=1S/C23H32NO5.HI/c1-7-24(3,8-2)16-21(17-12-10-9-11-13-17)29-23(25)18-14-19(26-4)22(28-6)20(15-18)27-5;/h9-15,21H,7-8,16H2,1-6H3;1H/q+1;/p-1. The molecule has 0 spiro atoms. The van der Waals surface area contributed by atoms with Gasteiger partial charge < -0.3 is 47.4 Å². The number of nitrogens with zero attached hydrogens (tertiary/aromatic N) is 1. The van der Waals surface area contributed by atoms with Crippen LogP contribution in [0.4, 0.5) is 0 Å². The fourth-order valence-corrected chi connectivity index (χ4v) is 3.16. The van der Waals surface area contributed by atoms with Gasteiger partial charge >= 0.3 is 5.97 Å². The summed E-state index contributed by atoms with van der Waals surface area (Å²) in [6.07, 6.45) is -0.368. The Morgan fingerprint density at radius 3 is 1.90 bits per heavy atom. The lowest BCUT2D eigenvalue weighted by molar-refractivity contribution is -0.909. The molecule has 2 aromatic rings. The van der Waals surface area contributed by atoms with Gasteiger partial charge in [-0.2, -0.15) is 0 Å². The summed E-state index contributed by atoms with van der Waals surface area (Å²) in [7, 11) is 6.73. The Morgan fingerprint density at radius 2 is 1.47 bits per heavy atom. The van der Waals surface area contributed by atoms with Gasteiger partial charge in [0.25, 0.3) is 0 Å². The third-order valence-corrected chi connectivity index (χ3v) is 5.45. The Bertz CT molecular complexity index is 783. The molecule has 0 amide bonds. The molecule has 0 fully saturated rings. The largest absolute Gasteiger partial charge is 1.00 e. The summed E-state index contributed by atoms with van der Waals surface area (Å²) >= 11 is 0. The molecule has 0 saturated heterocycles. The first-order chi connectivity index (χ1) is 13.9. The minimum atomic E-state index is -0.433. The molecule has 30 heavy (non-hydrogen) atoms. The van der Waals surface area contributed by atoms with Crippen molar-refractivity contribution in [2.24, 2.45) is 0 Å². The maximum absolute atomic E-state index is 13.0. The monoisotopic (exact) mass is 529 g/mol. The van der Waals surface area contributed by atoms with Crippen LogP contribution in [0.5, 0.6) is 17.2 Å². The summed E-state index contributed by atoms with van der Waals surface area (Å²) in [6, 6.07) is 13.1. The number of halogens is 1. The lowest BCUT2D eigenvalue weighted by Crippen LogP contribution is -3.00. The Balaban J connectivity index is 0.00000450. The summed E-state index contributed by atoms with van der Waals surface area (Å²) in [5.41, 5.74) is 1.32. The van der Waals surface area contributed by atoms with Crippen LogP contribution in [-0.4, -0.2) is 58.5 Å². The number of hydrogen-bond acceptors (Lipinski definition) is 5. The first kappa shape index (κ1) is 26.0. The molecule has 0 radical (unpaired) electrons. The number of carbonyl (C=O) groups is 1. The van der Waals surface area contributed by atoms with Crippen LogP contribution in [-0.2, 0) is 4.74 Å². The molecule has 0 aliphatic carbocycles. The number of carbonyl (C=O) groups excluding carboxylic acids is 1. The van der Waals surface area contributed by atoms with Crippen LogP contribution < -0.4 is 38.2 Å². The van der Waals surface area contributed by atoms with E-state index in [1.807, 2.05) is 30.3 Å². The van der Waals surface area contributed by atoms with E-state index in [4.69, 9.17) is 18.9 Å². The highest BCUT2D eigenvalue weighted by Gasteiger charge is 2.28. The summed E-state index contributed by atoms with van der Waals surface area (Å²) < 4.78 is 22.8. The summed E-state index contributed by atoms with van der Waals surface area (Å²) in [4.78, 5) is 13.0. The minimum absolute atomic E-state index is 0. The van der Waals surface area contributed by atoms with E-state index in [1.165, 1.54) is 21.3 Å². The normalized spacial score (nSPS) is 11.8. The zero-order valence-corrected chi connectivity index (χ0v) is 20.8. The van der Waals surface area contributed by atoms with Gasteiger partial charge in [0.1, 0.15) is 6.54 Å². The fourth-order valence-electron chi connectivity index (χ4n) is 3.16. The lowest BCUT2D eigenvalue weighted by Gasteiger charge is -2.35. The number of esters is 1. The van der Waals surface area contributed by atoms with Crippen molar-refractivity contribution in [3.8, 4) is 17.2 Å². The smallest absolute Gasteiger partial charge is 0.339 e. The molecule has 0 bridgehead atoms. The zero-order valence-electron chi connectivity index (χ0n) is 18.6. The molecule has 1 unspecified atom stereocenters. The zero-order chi connectivity index (χ0) is 21.4. The van der Waals surface area contributed by atoms with Crippen molar-refractivity contribution in [3.63, 3.8) is 0 Å². The molecular formula is C23H32INO5. The van der Waals surface area contributed by atoms with Gasteiger partial charge in [-0.05, 0) is 31.5 Å². The highest BCUT2D eigenvalue weighted by atomic mass is 127. The van der Waals surface area contributed by atoms with Crippen molar-refractivity contribution >= 4 is 5.97 Å². The third kappa shape index (κ3) is 6.25. The van der Waals surface area contributed by atoms with Crippen LogP contribution in [0.1, 0.15) is 35.9 Å². The van der Waals surface area contributed by atoms with Crippen molar-refractivity contribution < 1.29 is 52.2 Å². The molecule has 2 aromatic carbocycles. The van der Waals surface area contributed by atoms with E-state index in [9.17, 15) is 4.79 Å². The number of methoxy groups -OCH3 is 3. The molecule has 0 aliphatic heterocycles. The fraction of sp³-hybridized carbons (Fsp3) is 0.435. The van der Waals surface area contributed by atoms with E-state index in [1.54, 1.807) is 12.1 Å². The van der Waals surface area contributed by atoms with Crippen LogP contribution in [0.2, 0.25) is 0 Å². The Kier molecular flexibility index (Phi) is 10.4. The highest BCUT2D eigenvalue weighted by molar-refractivity contribution is 5.91. The second kappa shape index (κ2) is 12.0.